The molecular weight excluding hydrogens is 415 g/mol. The average Bonchev–Trinajstić information content (AvgIpc) is 3.50. The molecule has 0 radical (unpaired) electrons. The van der Waals surface area contributed by atoms with Crippen LogP contribution in [0.2, 0.25) is 0 Å². The highest BCUT2D eigenvalue weighted by Gasteiger charge is 2.24. The minimum absolute atomic E-state index is 0.248. The van der Waals surface area contributed by atoms with E-state index in [1.807, 2.05) is 29.8 Å². The molecule has 158 valence electrons. The van der Waals surface area contributed by atoms with Gasteiger partial charge < -0.3 is 4.74 Å². The molecule has 7 nitrogen and oxygen atoms in total. The van der Waals surface area contributed by atoms with E-state index in [1.54, 1.807) is 23.9 Å². The van der Waals surface area contributed by atoms with Crippen molar-refractivity contribution in [1.82, 2.24) is 30.0 Å². The number of aromatic nitrogens is 6. The van der Waals surface area contributed by atoms with Crippen LogP contribution in [0.1, 0.15) is 28.9 Å². The van der Waals surface area contributed by atoms with Crippen molar-refractivity contribution in [3.05, 3.63) is 70.8 Å². The molecule has 31 heavy (non-hydrogen) atoms. The lowest BCUT2D eigenvalue weighted by Gasteiger charge is -2.10. The fourth-order valence-corrected chi connectivity index (χ4v) is 4.79. The molecule has 5 rings (SSSR count). The number of hydrogen-bond acceptors (Lipinski definition) is 6. The molecule has 0 saturated carbocycles. The number of hydrogen-bond donors (Lipinski definition) is 0. The molecular formula is C22H21FN6OS. The first-order valence-electron chi connectivity index (χ1n) is 10.1. The van der Waals surface area contributed by atoms with Gasteiger partial charge >= 0.3 is 0 Å². The second-order valence-corrected chi connectivity index (χ2v) is 8.39. The molecule has 1 aliphatic rings. The van der Waals surface area contributed by atoms with Crippen LogP contribution in [0, 0.1) is 12.7 Å². The number of benzene rings is 2. The lowest BCUT2D eigenvalue weighted by Crippen LogP contribution is -2.03. The van der Waals surface area contributed by atoms with E-state index < -0.39 is 0 Å². The van der Waals surface area contributed by atoms with E-state index in [1.165, 1.54) is 35.2 Å². The lowest BCUT2D eigenvalue weighted by molar-refractivity contribution is 0.410. The fourth-order valence-electron chi connectivity index (χ4n) is 3.94. The van der Waals surface area contributed by atoms with Gasteiger partial charge in [-0.05, 0) is 84.1 Å². The zero-order valence-corrected chi connectivity index (χ0v) is 18.1. The number of thioether (sulfide) groups is 1. The molecule has 0 aliphatic heterocycles. The Hall–Kier alpha value is -3.20. The van der Waals surface area contributed by atoms with Crippen molar-refractivity contribution < 1.29 is 9.13 Å². The van der Waals surface area contributed by atoms with Crippen LogP contribution < -0.4 is 4.74 Å². The summed E-state index contributed by atoms with van der Waals surface area (Å²) in [5.74, 6) is 1.10. The summed E-state index contributed by atoms with van der Waals surface area (Å²) >= 11 is 1.54. The monoisotopic (exact) mass is 436 g/mol. The van der Waals surface area contributed by atoms with Gasteiger partial charge in [-0.25, -0.2) is 9.07 Å². The SMILES string of the molecule is COc1ccc(C)cc1-n1nnnc1SCc1nn(-c2ccc(F)cc2)c2c1CCC2. The Morgan fingerprint density at radius 1 is 1.10 bits per heavy atom. The summed E-state index contributed by atoms with van der Waals surface area (Å²) in [5, 5.41) is 17.8. The average molecular weight is 437 g/mol. The minimum Gasteiger partial charge on any atom is -0.494 e. The molecule has 2 aromatic heterocycles. The number of methoxy groups -OCH3 is 1. The van der Waals surface area contributed by atoms with Gasteiger partial charge in [0.1, 0.15) is 17.3 Å². The number of nitrogens with zero attached hydrogens (tertiary/aromatic N) is 6. The van der Waals surface area contributed by atoms with Crippen LogP contribution in [0.5, 0.6) is 5.75 Å². The summed E-state index contributed by atoms with van der Waals surface area (Å²) in [6.07, 6.45) is 3.08. The molecule has 2 aromatic carbocycles. The summed E-state index contributed by atoms with van der Waals surface area (Å²) in [5.41, 5.74) is 6.29. The number of aryl methyl sites for hydroxylation is 1. The van der Waals surface area contributed by atoms with Gasteiger partial charge in [0.15, 0.2) is 0 Å². The van der Waals surface area contributed by atoms with Crippen LogP contribution in [0.3, 0.4) is 0 Å². The fraction of sp³-hybridized carbons (Fsp3) is 0.273. The first-order chi connectivity index (χ1) is 15.1. The third-order valence-corrected chi connectivity index (χ3v) is 6.36. The maximum absolute atomic E-state index is 13.4. The molecule has 1 aliphatic carbocycles. The first kappa shape index (κ1) is 19.7. The highest BCUT2D eigenvalue weighted by atomic mass is 32.2. The predicted octanol–water partition coefficient (Wildman–Crippen LogP) is 4.09. The van der Waals surface area contributed by atoms with Gasteiger partial charge in [0, 0.05) is 11.4 Å². The summed E-state index contributed by atoms with van der Waals surface area (Å²) in [4.78, 5) is 0. The molecule has 0 unspecified atom stereocenters. The van der Waals surface area contributed by atoms with Crippen molar-refractivity contribution in [1.29, 1.82) is 0 Å². The van der Waals surface area contributed by atoms with Gasteiger partial charge in [0.25, 0.3) is 0 Å². The number of tetrazole rings is 1. The Morgan fingerprint density at radius 2 is 1.94 bits per heavy atom. The third kappa shape index (κ3) is 3.69. The van der Waals surface area contributed by atoms with Gasteiger partial charge in [-0.1, -0.05) is 17.8 Å². The summed E-state index contributed by atoms with van der Waals surface area (Å²) in [6.45, 7) is 2.02. The lowest BCUT2D eigenvalue weighted by atomic mass is 10.2. The van der Waals surface area contributed by atoms with Crippen molar-refractivity contribution in [2.45, 2.75) is 37.1 Å². The molecule has 0 bridgehead atoms. The molecule has 0 atom stereocenters. The van der Waals surface area contributed by atoms with Gasteiger partial charge in [-0.15, -0.1) is 5.10 Å². The molecule has 4 aromatic rings. The van der Waals surface area contributed by atoms with E-state index in [0.717, 1.165) is 41.9 Å². The quantitative estimate of drug-likeness (QED) is 0.424. The molecule has 0 amide bonds. The molecule has 0 N–H and O–H groups in total. The highest BCUT2D eigenvalue weighted by Crippen LogP contribution is 2.33. The topological polar surface area (TPSA) is 70.7 Å². The second kappa shape index (κ2) is 8.14. The van der Waals surface area contributed by atoms with Gasteiger partial charge in [-0.2, -0.15) is 9.78 Å². The largest absolute Gasteiger partial charge is 0.494 e. The van der Waals surface area contributed by atoms with Gasteiger partial charge in [0.05, 0.1) is 18.5 Å². The first-order valence-corrected chi connectivity index (χ1v) is 11.0. The standard InChI is InChI=1S/C22H21FN6OS/c1-14-6-11-21(30-2)20(12-14)29-22(24-26-27-29)31-13-18-17-4-3-5-19(17)28(25-18)16-9-7-15(23)8-10-16/h6-12H,3-5,13H2,1-2H3. The summed E-state index contributed by atoms with van der Waals surface area (Å²) < 4.78 is 22.5. The maximum Gasteiger partial charge on any atom is 0.214 e. The Labute approximate surface area is 183 Å². The van der Waals surface area contributed by atoms with Gasteiger partial charge in [-0.3, -0.25) is 0 Å². The van der Waals surface area contributed by atoms with Crippen LogP contribution in [-0.4, -0.2) is 37.1 Å². The molecule has 9 heteroatoms. The van der Waals surface area contributed by atoms with E-state index in [9.17, 15) is 4.39 Å². The molecule has 0 saturated heterocycles. The summed E-state index contributed by atoms with van der Waals surface area (Å²) in [6, 6.07) is 12.4. The van der Waals surface area contributed by atoms with Crippen LogP contribution in [0.25, 0.3) is 11.4 Å². The number of fused-ring (bicyclic) bond motifs is 1. The van der Waals surface area contributed by atoms with Crippen LogP contribution in [0.4, 0.5) is 4.39 Å². The summed E-state index contributed by atoms with van der Waals surface area (Å²) in [7, 11) is 1.64. The second-order valence-electron chi connectivity index (χ2n) is 7.45. The number of halogens is 1. The van der Waals surface area contributed by atoms with Crippen molar-refractivity contribution in [2.24, 2.45) is 0 Å². The van der Waals surface area contributed by atoms with Crippen LogP contribution >= 0.6 is 11.8 Å². The van der Waals surface area contributed by atoms with E-state index in [4.69, 9.17) is 9.84 Å². The Morgan fingerprint density at radius 3 is 2.74 bits per heavy atom. The third-order valence-electron chi connectivity index (χ3n) is 5.43. The van der Waals surface area contributed by atoms with Crippen LogP contribution in [-0.2, 0) is 18.6 Å². The predicted molar refractivity (Wildman–Crippen MR) is 116 cm³/mol. The molecule has 0 fully saturated rings. The number of ether oxygens (including phenoxy) is 1. The Bertz CT molecular complexity index is 1230. The normalized spacial score (nSPS) is 12.9. The van der Waals surface area contributed by atoms with E-state index in [0.29, 0.717) is 16.7 Å². The van der Waals surface area contributed by atoms with E-state index in [-0.39, 0.29) is 5.82 Å². The Balaban J connectivity index is 1.44. The number of rotatable bonds is 6. The maximum atomic E-state index is 13.4. The zero-order chi connectivity index (χ0) is 21.4. The Kier molecular flexibility index (Phi) is 5.19. The minimum atomic E-state index is -0.248. The van der Waals surface area contributed by atoms with E-state index in [2.05, 4.69) is 15.5 Å². The van der Waals surface area contributed by atoms with Crippen LogP contribution in [0.15, 0.2) is 47.6 Å². The zero-order valence-electron chi connectivity index (χ0n) is 17.2. The van der Waals surface area contributed by atoms with Gasteiger partial charge in [0.2, 0.25) is 5.16 Å². The molecule has 0 spiro atoms. The highest BCUT2D eigenvalue weighted by molar-refractivity contribution is 7.98. The van der Waals surface area contributed by atoms with Crippen molar-refractivity contribution in [3.63, 3.8) is 0 Å². The van der Waals surface area contributed by atoms with Crippen molar-refractivity contribution in [3.8, 4) is 17.1 Å². The van der Waals surface area contributed by atoms with Crippen molar-refractivity contribution >= 4 is 11.8 Å². The van der Waals surface area contributed by atoms with Crippen molar-refractivity contribution in [2.75, 3.05) is 7.11 Å². The van der Waals surface area contributed by atoms with E-state index >= 15 is 0 Å². The molecule has 2 heterocycles. The smallest absolute Gasteiger partial charge is 0.214 e.